The zero-order valence-corrected chi connectivity index (χ0v) is 14.1. The van der Waals surface area contributed by atoms with E-state index in [9.17, 15) is 4.79 Å². The summed E-state index contributed by atoms with van der Waals surface area (Å²) < 4.78 is 0. The molecule has 1 N–H and O–H groups in total. The molecule has 0 spiro atoms. The number of carbonyl (C=O) groups is 1. The van der Waals surface area contributed by atoms with Crippen LogP contribution in [0.2, 0.25) is 0 Å². The molecule has 0 unspecified atom stereocenters. The number of aromatic nitrogens is 2. The smallest absolute Gasteiger partial charge is 0.242 e. The zero-order chi connectivity index (χ0) is 17.2. The third-order valence-electron chi connectivity index (χ3n) is 4.75. The highest BCUT2D eigenvalue weighted by atomic mass is 16.2. The fourth-order valence-electron chi connectivity index (χ4n) is 3.44. The maximum absolute atomic E-state index is 12.1. The quantitative estimate of drug-likeness (QED) is 0.801. The summed E-state index contributed by atoms with van der Waals surface area (Å²) in [5, 5.41) is 5.13. The van der Waals surface area contributed by atoms with Gasteiger partial charge in [-0.1, -0.05) is 36.4 Å². The molecule has 0 bridgehead atoms. The predicted octanol–water partition coefficient (Wildman–Crippen LogP) is 3.01. The van der Waals surface area contributed by atoms with E-state index >= 15 is 0 Å². The topological polar surface area (TPSA) is 58.1 Å². The summed E-state index contributed by atoms with van der Waals surface area (Å²) in [6, 6.07) is 16.3. The highest BCUT2D eigenvalue weighted by Gasteiger charge is 2.31. The summed E-state index contributed by atoms with van der Waals surface area (Å²) in [4.78, 5) is 23.2. The lowest BCUT2D eigenvalue weighted by Crippen LogP contribution is -2.42. The van der Waals surface area contributed by atoms with Crippen molar-refractivity contribution < 1.29 is 4.79 Å². The average Bonchev–Trinajstić information content (AvgIpc) is 3.17. The van der Waals surface area contributed by atoms with Crippen molar-refractivity contribution in [2.24, 2.45) is 0 Å². The molecule has 1 saturated heterocycles. The molecule has 25 heavy (non-hydrogen) atoms. The molecule has 0 radical (unpaired) electrons. The molecule has 1 fully saturated rings. The van der Waals surface area contributed by atoms with Crippen LogP contribution in [-0.4, -0.2) is 35.5 Å². The van der Waals surface area contributed by atoms with Gasteiger partial charge in [0.05, 0.1) is 5.69 Å². The third-order valence-corrected chi connectivity index (χ3v) is 4.75. The molecule has 1 atom stereocenters. The second-order valence-electron chi connectivity index (χ2n) is 6.27. The Bertz CT molecular complexity index is 924. The lowest BCUT2D eigenvalue weighted by atomic mass is 10.1. The third kappa shape index (κ3) is 2.93. The number of rotatable bonds is 3. The van der Waals surface area contributed by atoms with Crippen molar-refractivity contribution in [2.75, 3.05) is 18.5 Å². The molecule has 1 aromatic heterocycles. The summed E-state index contributed by atoms with van der Waals surface area (Å²) in [6.45, 7) is 0.805. The maximum atomic E-state index is 12.1. The van der Waals surface area contributed by atoms with Crippen molar-refractivity contribution in [3.8, 4) is 11.3 Å². The van der Waals surface area contributed by atoms with Gasteiger partial charge in [-0.15, -0.1) is 0 Å². The number of hydrogen-bond donors (Lipinski definition) is 1. The minimum atomic E-state index is -0.183. The van der Waals surface area contributed by atoms with Crippen LogP contribution in [0.5, 0.6) is 0 Å². The van der Waals surface area contributed by atoms with Crippen LogP contribution in [0.4, 0.5) is 5.95 Å². The van der Waals surface area contributed by atoms with Gasteiger partial charge in [0.2, 0.25) is 11.9 Å². The van der Waals surface area contributed by atoms with Gasteiger partial charge in [-0.25, -0.2) is 9.97 Å². The molecule has 0 saturated carbocycles. The van der Waals surface area contributed by atoms with Crippen LogP contribution in [0.25, 0.3) is 22.0 Å². The Morgan fingerprint density at radius 2 is 2.00 bits per heavy atom. The molecule has 5 nitrogen and oxygen atoms in total. The fourth-order valence-corrected chi connectivity index (χ4v) is 3.44. The number of likely N-dealkylation sites (N-methyl/N-ethyl adjacent to an activating group) is 1. The van der Waals surface area contributed by atoms with Crippen molar-refractivity contribution in [2.45, 2.75) is 18.9 Å². The van der Waals surface area contributed by atoms with Crippen LogP contribution >= 0.6 is 0 Å². The number of hydrogen-bond acceptors (Lipinski definition) is 4. The van der Waals surface area contributed by atoms with E-state index in [0.717, 1.165) is 30.6 Å². The molecular weight excluding hydrogens is 312 g/mol. The van der Waals surface area contributed by atoms with E-state index in [2.05, 4.69) is 40.6 Å². The predicted molar refractivity (Wildman–Crippen MR) is 99.4 cm³/mol. The van der Waals surface area contributed by atoms with E-state index in [0.29, 0.717) is 5.95 Å². The van der Waals surface area contributed by atoms with Gasteiger partial charge in [0.1, 0.15) is 6.04 Å². The van der Waals surface area contributed by atoms with Crippen LogP contribution in [0.3, 0.4) is 0 Å². The van der Waals surface area contributed by atoms with E-state index in [1.54, 1.807) is 13.2 Å². The molecule has 1 aliphatic heterocycles. The van der Waals surface area contributed by atoms with Crippen molar-refractivity contribution in [1.82, 2.24) is 15.3 Å². The first kappa shape index (κ1) is 15.6. The SMILES string of the molecule is CNC(=O)[C@H]1CCCN1c1nccc(-c2ccc3ccccc3c2)n1. The van der Waals surface area contributed by atoms with Gasteiger partial charge in [0.25, 0.3) is 0 Å². The molecule has 2 heterocycles. The van der Waals surface area contributed by atoms with E-state index in [1.165, 1.54) is 10.8 Å². The summed E-state index contributed by atoms with van der Waals surface area (Å²) in [6.07, 6.45) is 3.58. The molecule has 2 aromatic carbocycles. The Morgan fingerprint density at radius 3 is 2.84 bits per heavy atom. The summed E-state index contributed by atoms with van der Waals surface area (Å²) in [5.41, 5.74) is 1.93. The summed E-state index contributed by atoms with van der Waals surface area (Å²) >= 11 is 0. The lowest BCUT2D eigenvalue weighted by molar-refractivity contribution is -0.121. The lowest BCUT2D eigenvalue weighted by Gasteiger charge is -2.23. The van der Waals surface area contributed by atoms with Gasteiger partial charge < -0.3 is 10.2 Å². The van der Waals surface area contributed by atoms with Crippen molar-refractivity contribution >= 4 is 22.6 Å². The number of benzene rings is 2. The van der Waals surface area contributed by atoms with Crippen LogP contribution < -0.4 is 10.2 Å². The van der Waals surface area contributed by atoms with Gasteiger partial charge in [0.15, 0.2) is 0 Å². The van der Waals surface area contributed by atoms with Crippen molar-refractivity contribution in [3.63, 3.8) is 0 Å². The molecule has 1 aliphatic rings. The number of anilines is 1. The van der Waals surface area contributed by atoms with E-state index in [1.807, 2.05) is 23.1 Å². The van der Waals surface area contributed by atoms with Gasteiger partial charge >= 0.3 is 0 Å². The van der Waals surface area contributed by atoms with E-state index < -0.39 is 0 Å². The molecule has 3 aromatic rings. The highest BCUT2D eigenvalue weighted by molar-refractivity contribution is 5.87. The minimum Gasteiger partial charge on any atom is -0.357 e. The first-order valence-corrected chi connectivity index (χ1v) is 8.57. The number of fused-ring (bicyclic) bond motifs is 1. The first-order chi connectivity index (χ1) is 12.3. The molecule has 126 valence electrons. The fraction of sp³-hybridized carbons (Fsp3) is 0.250. The van der Waals surface area contributed by atoms with Crippen LogP contribution in [0.1, 0.15) is 12.8 Å². The average molecular weight is 332 g/mol. The number of amides is 1. The molecule has 1 amide bonds. The Labute approximate surface area is 146 Å². The van der Waals surface area contributed by atoms with Crippen molar-refractivity contribution in [1.29, 1.82) is 0 Å². The van der Waals surface area contributed by atoms with Gasteiger partial charge in [0, 0.05) is 25.4 Å². The summed E-state index contributed by atoms with van der Waals surface area (Å²) in [5.74, 6) is 0.647. The minimum absolute atomic E-state index is 0.0252. The van der Waals surface area contributed by atoms with Gasteiger partial charge in [-0.2, -0.15) is 0 Å². The molecule has 5 heteroatoms. The standard InChI is InChI=1S/C20H20N4O/c1-21-19(25)18-7-4-12-24(18)20-22-11-10-17(23-20)16-9-8-14-5-2-3-6-15(14)13-16/h2-3,5-6,8-11,13,18H,4,7,12H2,1H3,(H,21,25)/t18-/m1/s1. The van der Waals surface area contributed by atoms with Crippen molar-refractivity contribution in [3.05, 3.63) is 54.7 Å². The first-order valence-electron chi connectivity index (χ1n) is 8.57. The highest BCUT2D eigenvalue weighted by Crippen LogP contribution is 2.27. The summed E-state index contributed by atoms with van der Waals surface area (Å²) in [7, 11) is 1.67. The number of carbonyl (C=O) groups excluding carboxylic acids is 1. The van der Waals surface area contributed by atoms with Crippen LogP contribution in [0, 0.1) is 0 Å². The normalized spacial score (nSPS) is 17.0. The Hall–Kier alpha value is -2.95. The van der Waals surface area contributed by atoms with E-state index in [4.69, 9.17) is 4.98 Å². The van der Waals surface area contributed by atoms with Crippen LogP contribution in [0.15, 0.2) is 54.7 Å². The second kappa shape index (κ2) is 6.51. The molecule has 4 rings (SSSR count). The van der Waals surface area contributed by atoms with Gasteiger partial charge in [-0.05, 0) is 35.7 Å². The molecule has 0 aliphatic carbocycles. The number of nitrogens with one attached hydrogen (secondary N) is 1. The Kier molecular flexibility index (Phi) is 4.06. The largest absolute Gasteiger partial charge is 0.357 e. The Morgan fingerprint density at radius 1 is 1.16 bits per heavy atom. The monoisotopic (exact) mass is 332 g/mol. The maximum Gasteiger partial charge on any atom is 0.242 e. The number of nitrogens with zero attached hydrogens (tertiary/aromatic N) is 3. The van der Waals surface area contributed by atoms with Gasteiger partial charge in [-0.3, -0.25) is 4.79 Å². The zero-order valence-electron chi connectivity index (χ0n) is 14.1. The van der Waals surface area contributed by atoms with E-state index in [-0.39, 0.29) is 11.9 Å². The Balaban J connectivity index is 1.70. The second-order valence-corrected chi connectivity index (χ2v) is 6.27. The van der Waals surface area contributed by atoms with Crippen LogP contribution in [-0.2, 0) is 4.79 Å². The molecular formula is C20H20N4O.